The van der Waals surface area contributed by atoms with Crippen LogP contribution in [0.2, 0.25) is 6.04 Å². The third-order valence-electron chi connectivity index (χ3n) is 6.53. The zero-order valence-corrected chi connectivity index (χ0v) is 17.7. The van der Waals surface area contributed by atoms with E-state index in [1.165, 1.54) is 77.0 Å². The molecular weight excluding hydrogens is 314 g/mol. The van der Waals surface area contributed by atoms with Gasteiger partial charge < -0.3 is 8.85 Å². The van der Waals surface area contributed by atoms with Crippen molar-refractivity contribution >= 4 is 8.72 Å². The molecule has 3 atom stereocenters. The van der Waals surface area contributed by atoms with Gasteiger partial charge in [0.25, 0.3) is 0 Å². The Morgan fingerprint density at radius 3 is 2.25 bits per heavy atom. The summed E-state index contributed by atoms with van der Waals surface area (Å²) in [6.45, 7) is 4.69. The van der Waals surface area contributed by atoms with E-state index in [0.717, 1.165) is 12.0 Å². The number of rotatable bonds is 10. The molecule has 0 aromatic rings. The van der Waals surface area contributed by atoms with E-state index in [4.69, 9.17) is 8.85 Å². The Morgan fingerprint density at radius 2 is 1.54 bits per heavy atom. The lowest BCUT2D eigenvalue weighted by Gasteiger charge is -2.53. The largest absolute Gasteiger partial charge is 0.427 e. The second-order valence-corrected chi connectivity index (χ2v) is 11.3. The van der Waals surface area contributed by atoms with Gasteiger partial charge in [0.15, 0.2) is 0 Å². The van der Waals surface area contributed by atoms with Crippen molar-refractivity contribution < 1.29 is 8.85 Å². The molecule has 0 spiro atoms. The van der Waals surface area contributed by atoms with Crippen molar-refractivity contribution in [2.45, 2.75) is 109 Å². The van der Waals surface area contributed by atoms with Gasteiger partial charge in [0.2, 0.25) is 0 Å². The topological polar surface area (TPSA) is 21.7 Å². The van der Waals surface area contributed by atoms with Gasteiger partial charge in [-0.3, -0.25) is 4.57 Å². The van der Waals surface area contributed by atoms with E-state index in [2.05, 4.69) is 18.4 Å². The van der Waals surface area contributed by atoms with Gasteiger partial charge in [-0.2, -0.15) is 0 Å². The molecule has 4 heteroatoms. The van der Waals surface area contributed by atoms with Gasteiger partial charge in [-0.1, -0.05) is 51.9 Å². The van der Waals surface area contributed by atoms with E-state index in [9.17, 15) is 0 Å². The van der Waals surface area contributed by atoms with Gasteiger partial charge in [-0.25, -0.2) is 0 Å². The molecule has 142 valence electrons. The van der Waals surface area contributed by atoms with Crippen LogP contribution >= 0.6 is 0 Å². The lowest BCUT2D eigenvalue weighted by Crippen LogP contribution is -2.67. The first-order valence-corrected chi connectivity index (χ1v) is 12.5. The molecule has 0 N–H and O–H groups in total. The number of nitrogens with zero attached hydrogens (tertiary/aromatic N) is 1. The van der Waals surface area contributed by atoms with Crippen molar-refractivity contribution in [3.8, 4) is 0 Å². The molecule has 0 amide bonds. The molecule has 0 aromatic heterocycles. The van der Waals surface area contributed by atoms with Gasteiger partial charge in [0.1, 0.15) is 0 Å². The number of hydrogen-bond donors (Lipinski definition) is 0. The van der Waals surface area contributed by atoms with Crippen LogP contribution in [0.15, 0.2) is 0 Å². The van der Waals surface area contributed by atoms with Crippen LogP contribution < -0.4 is 0 Å². The first-order valence-electron chi connectivity index (χ1n) is 10.6. The summed E-state index contributed by atoms with van der Waals surface area (Å²) >= 11 is 0. The van der Waals surface area contributed by atoms with Crippen molar-refractivity contribution in [3.63, 3.8) is 0 Å². The van der Waals surface area contributed by atoms with E-state index in [1.54, 1.807) is 0 Å². The predicted molar refractivity (Wildman–Crippen MR) is 104 cm³/mol. The molecule has 3 nitrogen and oxygen atoms in total. The minimum atomic E-state index is -2.25. The first-order chi connectivity index (χ1) is 11.7. The van der Waals surface area contributed by atoms with E-state index in [0.29, 0.717) is 12.1 Å². The second kappa shape index (κ2) is 10.3. The van der Waals surface area contributed by atoms with E-state index < -0.39 is 8.72 Å². The highest BCUT2D eigenvalue weighted by molar-refractivity contribution is 6.64. The summed E-state index contributed by atoms with van der Waals surface area (Å²) in [6, 6.07) is 2.48. The molecule has 1 aliphatic heterocycles. The summed E-state index contributed by atoms with van der Waals surface area (Å²) < 4.78 is 15.2. The van der Waals surface area contributed by atoms with Crippen LogP contribution in [0.25, 0.3) is 0 Å². The molecule has 0 aromatic carbocycles. The second-order valence-electron chi connectivity index (χ2n) is 8.08. The highest BCUT2D eigenvalue weighted by Crippen LogP contribution is 2.41. The zero-order valence-electron chi connectivity index (χ0n) is 16.7. The maximum atomic E-state index is 6.22. The molecule has 24 heavy (non-hydrogen) atoms. The fraction of sp³-hybridized carbons (Fsp3) is 1.00. The van der Waals surface area contributed by atoms with Crippen LogP contribution in [-0.4, -0.2) is 39.6 Å². The fourth-order valence-electron chi connectivity index (χ4n) is 5.16. The molecular formula is C20H41NO2Si. The van der Waals surface area contributed by atoms with Gasteiger partial charge in [0.05, 0.1) is 0 Å². The standard InChI is InChI=1S/C20H41NO2Si/c1-5-6-7-8-9-12-17-24(22-3,23-4)21-18(2)15-16-19-13-10-11-14-20(19)21/h18-20H,5-17H2,1-4H3. The maximum Gasteiger partial charge on any atom is 0.427 e. The summed E-state index contributed by atoms with van der Waals surface area (Å²) in [6.07, 6.45) is 16.4. The Balaban J connectivity index is 2.00. The molecule has 0 radical (unpaired) electrons. The van der Waals surface area contributed by atoms with E-state index in [1.807, 2.05) is 14.2 Å². The van der Waals surface area contributed by atoms with Crippen LogP contribution in [0.5, 0.6) is 0 Å². The van der Waals surface area contributed by atoms with Gasteiger partial charge in [0, 0.05) is 32.3 Å². The Bertz CT molecular complexity index is 349. The monoisotopic (exact) mass is 355 g/mol. The van der Waals surface area contributed by atoms with E-state index >= 15 is 0 Å². The number of unbranched alkanes of at least 4 members (excludes halogenated alkanes) is 5. The number of hydrogen-bond acceptors (Lipinski definition) is 3. The number of fused-ring (bicyclic) bond motifs is 1. The van der Waals surface area contributed by atoms with Crippen LogP contribution in [-0.2, 0) is 8.85 Å². The smallest absolute Gasteiger partial charge is 0.386 e. The Labute approximate surface area is 151 Å². The maximum absolute atomic E-state index is 6.22. The SMILES string of the molecule is CCCCCCCC[Si](OC)(OC)N1C(C)CCC2CCCCC21. The molecule has 1 saturated heterocycles. The van der Waals surface area contributed by atoms with Gasteiger partial charge in [-0.15, -0.1) is 0 Å². The molecule has 1 aliphatic carbocycles. The molecule has 0 bridgehead atoms. The van der Waals surface area contributed by atoms with Crippen LogP contribution in [0.1, 0.15) is 90.9 Å². The van der Waals surface area contributed by atoms with Gasteiger partial charge >= 0.3 is 8.72 Å². The van der Waals surface area contributed by atoms with Crippen molar-refractivity contribution in [1.82, 2.24) is 4.57 Å². The van der Waals surface area contributed by atoms with Crippen molar-refractivity contribution in [2.75, 3.05) is 14.2 Å². The van der Waals surface area contributed by atoms with Crippen LogP contribution in [0.3, 0.4) is 0 Å². The molecule has 2 rings (SSSR count). The quantitative estimate of drug-likeness (QED) is 0.375. The summed E-state index contributed by atoms with van der Waals surface area (Å²) in [4.78, 5) is 0. The molecule has 1 heterocycles. The third-order valence-corrected chi connectivity index (χ3v) is 10.4. The predicted octanol–water partition coefficient (Wildman–Crippen LogP) is 5.62. The Kier molecular flexibility index (Phi) is 8.76. The summed E-state index contributed by atoms with van der Waals surface area (Å²) in [7, 11) is 1.57. The molecule has 3 unspecified atom stereocenters. The molecule has 1 saturated carbocycles. The van der Waals surface area contributed by atoms with Crippen molar-refractivity contribution in [2.24, 2.45) is 5.92 Å². The summed E-state index contributed by atoms with van der Waals surface area (Å²) in [5.41, 5.74) is 0. The average molecular weight is 356 g/mol. The minimum Gasteiger partial charge on any atom is -0.386 e. The van der Waals surface area contributed by atoms with Crippen molar-refractivity contribution in [3.05, 3.63) is 0 Å². The van der Waals surface area contributed by atoms with Crippen molar-refractivity contribution in [1.29, 1.82) is 0 Å². The molecule has 2 aliphatic rings. The zero-order chi connectivity index (χ0) is 17.4. The number of piperidine rings is 1. The molecule has 2 fully saturated rings. The van der Waals surface area contributed by atoms with Crippen LogP contribution in [0.4, 0.5) is 0 Å². The van der Waals surface area contributed by atoms with E-state index in [-0.39, 0.29) is 0 Å². The van der Waals surface area contributed by atoms with Crippen LogP contribution in [0, 0.1) is 5.92 Å². The Hall–Kier alpha value is 0.0969. The summed E-state index contributed by atoms with van der Waals surface area (Å²) in [5, 5.41) is 0. The first kappa shape index (κ1) is 20.4. The third kappa shape index (κ3) is 4.84. The summed E-state index contributed by atoms with van der Waals surface area (Å²) in [5.74, 6) is 0.886. The Morgan fingerprint density at radius 1 is 0.875 bits per heavy atom. The fourth-order valence-corrected chi connectivity index (χ4v) is 8.75. The minimum absolute atomic E-state index is 0.621. The average Bonchev–Trinajstić information content (AvgIpc) is 2.62. The lowest BCUT2D eigenvalue weighted by atomic mass is 9.78. The highest BCUT2D eigenvalue weighted by Gasteiger charge is 2.52. The highest BCUT2D eigenvalue weighted by atomic mass is 28.4. The van der Waals surface area contributed by atoms with Gasteiger partial charge in [-0.05, 0) is 44.9 Å². The normalized spacial score (nSPS) is 28.8. The lowest BCUT2D eigenvalue weighted by molar-refractivity contribution is 0.0291.